The number of hydrogen-bond acceptors (Lipinski definition) is 3. The summed E-state index contributed by atoms with van der Waals surface area (Å²) in [5.41, 5.74) is 7.13. The molecular formula is C18H31Cl2N3O. The molecule has 1 unspecified atom stereocenters. The molecule has 0 bridgehead atoms. The van der Waals surface area contributed by atoms with E-state index in [-0.39, 0.29) is 36.8 Å². The summed E-state index contributed by atoms with van der Waals surface area (Å²) in [6.45, 7) is 7.80. The van der Waals surface area contributed by atoms with Crippen LogP contribution >= 0.6 is 24.8 Å². The van der Waals surface area contributed by atoms with E-state index in [1.54, 1.807) is 0 Å². The highest BCUT2D eigenvalue weighted by molar-refractivity contribution is 5.85. The Morgan fingerprint density at radius 2 is 1.79 bits per heavy atom. The maximum Gasteiger partial charge on any atom is 0.222 e. The Morgan fingerprint density at radius 1 is 1.21 bits per heavy atom. The Hall–Kier alpha value is -0.810. The first-order valence-corrected chi connectivity index (χ1v) is 8.37. The SMILES string of the molecule is CC(C)CN1CCC(NC(=O)CC(N)c2ccccc2)CC1.Cl.Cl. The molecule has 1 heterocycles. The Kier molecular flexibility index (Phi) is 11.3. The second-order valence-corrected chi connectivity index (χ2v) is 6.76. The van der Waals surface area contributed by atoms with Crippen LogP contribution in [0.4, 0.5) is 0 Å². The average molecular weight is 376 g/mol. The molecule has 1 fully saturated rings. The second-order valence-electron chi connectivity index (χ2n) is 6.76. The lowest BCUT2D eigenvalue weighted by molar-refractivity contribution is -0.122. The van der Waals surface area contributed by atoms with Crippen molar-refractivity contribution in [2.75, 3.05) is 19.6 Å². The van der Waals surface area contributed by atoms with Crippen LogP contribution in [0.3, 0.4) is 0 Å². The third-order valence-corrected chi connectivity index (χ3v) is 4.21. The van der Waals surface area contributed by atoms with Gasteiger partial charge >= 0.3 is 0 Å². The molecule has 1 saturated heterocycles. The van der Waals surface area contributed by atoms with Crippen LogP contribution in [-0.4, -0.2) is 36.5 Å². The average Bonchev–Trinajstić information content (AvgIpc) is 2.49. The van der Waals surface area contributed by atoms with Crippen LogP contribution in [0.5, 0.6) is 0 Å². The van der Waals surface area contributed by atoms with Gasteiger partial charge in [0, 0.05) is 38.1 Å². The van der Waals surface area contributed by atoms with Crippen molar-refractivity contribution in [3.8, 4) is 0 Å². The topological polar surface area (TPSA) is 58.4 Å². The predicted octanol–water partition coefficient (Wildman–Crippen LogP) is 3.16. The lowest BCUT2D eigenvalue weighted by Gasteiger charge is -2.33. The quantitative estimate of drug-likeness (QED) is 0.802. The molecule has 2 rings (SSSR count). The van der Waals surface area contributed by atoms with E-state index in [1.807, 2.05) is 30.3 Å². The van der Waals surface area contributed by atoms with Gasteiger partial charge in [-0.2, -0.15) is 0 Å². The summed E-state index contributed by atoms with van der Waals surface area (Å²) in [6.07, 6.45) is 2.44. The number of nitrogens with zero attached hydrogens (tertiary/aromatic N) is 1. The zero-order chi connectivity index (χ0) is 15.9. The van der Waals surface area contributed by atoms with Crippen LogP contribution in [-0.2, 0) is 4.79 Å². The van der Waals surface area contributed by atoms with Gasteiger partial charge in [-0.05, 0) is 24.3 Å². The molecule has 6 heteroatoms. The minimum absolute atomic E-state index is 0. The Morgan fingerprint density at radius 3 is 2.33 bits per heavy atom. The van der Waals surface area contributed by atoms with E-state index in [0.717, 1.165) is 38.0 Å². The van der Waals surface area contributed by atoms with Gasteiger partial charge in [0.05, 0.1) is 0 Å². The third-order valence-electron chi connectivity index (χ3n) is 4.21. The van der Waals surface area contributed by atoms with Crippen LogP contribution in [0, 0.1) is 5.92 Å². The van der Waals surface area contributed by atoms with Crippen molar-refractivity contribution < 1.29 is 4.79 Å². The van der Waals surface area contributed by atoms with Gasteiger partial charge in [0.1, 0.15) is 0 Å². The summed E-state index contributed by atoms with van der Waals surface area (Å²) in [4.78, 5) is 14.6. The van der Waals surface area contributed by atoms with E-state index in [1.165, 1.54) is 0 Å². The number of rotatable bonds is 6. The highest BCUT2D eigenvalue weighted by atomic mass is 35.5. The molecule has 1 amide bonds. The molecule has 0 aliphatic carbocycles. The molecule has 1 aromatic carbocycles. The highest BCUT2D eigenvalue weighted by Crippen LogP contribution is 2.15. The number of likely N-dealkylation sites (tertiary alicyclic amines) is 1. The van der Waals surface area contributed by atoms with Crippen molar-refractivity contribution in [1.29, 1.82) is 0 Å². The minimum atomic E-state index is -0.220. The standard InChI is InChI=1S/C18H29N3O.2ClH/c1-14(2)13-21-10-8-16(9-11-21)20-18(22)12-17(19)15-6-4-3-5-7-15;;/h3-7,14,16-17H,8-13,19H2,1-2H3,(H,20,22);2*1H. The monoisotopic (exact) mass is 375 g/mol. The lowest BCUT2D eigenvalue weighted by atomic mass is 10.0. The van der Waals surface area contributed by atoms with E-state index >= 15 is 0 Å². The first-order chi connectivity index (χ1) is 10.5. The van der Waals surface area contributed by atoms with Crippen LogP contribution in [0.1, 0.15) is 44.7 Å². The summed E-state index contributed by atoms with van der Waals surface area (Å²) in [5, 5.41) is 3.15. The predicted molar refractivity (Wildman–Crippen MR) is 105 cm³/mol. The maximum absolute atomic E-state index is 12.1. The van der Waals surface area contributed by atoms with Gasteiger partial charge in [-0.1, -0.05) is 44.2 Å². The van der Waals surface area contributed by atoms with Crippen molar-refractivity contribution in [2.24, 2.45) is 11.7 Å². The lowest BCUT2D eigenvalue weighted by Crippen LogP contribution is -2.45. The number of carbonyl (C=O) groups is 1. The molecule has 0 saturated carbocycles. The maximum atomic E-state index is 12.1. The summed E-state index contributed by atoms with van der Waals surface area (Å²) in [7, 11) is 0. The largest absolute Gasteiger partial charge is 0.353 e. The van der Waals surface area contributed by atoms with Gasteiger partial charge in [-0.3, -0.25) is 4.79 Å². The van der Waals surface area contributed by atoms with Gasteiger partial charge in [0.2, 0.25) is 5.91 Å². The molecule has 24 heavy (non-hydrogen) atoms. The Bertz CT molecular complexity index is 463. The number of carbonyl (C=O) groups excluding carboxylic acids is 1. The van der Waals surface area contributed by atoms with E-state index < -0.39 is 0 Å². The van der Waals surface area contributed by atoms with Crippen molar-refractivity contribution >= 4 is 30.7 Å². The molecule has 0 radical (unpaired) electrons. The van der Waals surface area contributed by atoms with Gasteiger partial charge in [-0.15, -0.1) is 24.8 Å². The molecule has 4 nitrogen and oxygen atoms in total. The molecule has 1 aliphatic heterocycles. The fourth-order valence-electron chi connectivity index (χ4n) is 3.08. The van der Waals surface area contributed by atoms with Crippen LogP contribution in [0.2, 0.25) is 0 Å². The Labute approximate surface area is 158 Å². The van der Waals surface area contributed by atoms with Crippen LogP contribution in [0.25, 0.3) is 0 Å². The number of amides is 1. The number of halogens is 2. The summed E-state index contributed by atoms with van der Waals surface area (Å²) in [6, 6.07) is 9.90. The molecule has 138 valence electrons. The smallest absolute Gasteiger partial charge is 0.222 e. The van der Waals surface area contributed by atoms with Crippen molar-refractivity contribution in [3.63, 3.8) is 0 Å². The minimum Gasteiger partial charge on any atom is -0.353 e. The number of nitrogens with two attached hydrogens (primary N) is 1. The normalized spacial score (nSPS) is 16.8. The van der Waals surface area contributed by atoms with Gasteiger partial charge in [0.15, 0.2) is 0 Å². The molecular weight excluding hydrogens is 345 g/mol. The van der Waals surface area contributed by atoms with Crippen molar-refractivity contribution in [2.45, 2.75) is 45.2 Å². The van der Waals surface area contributed by atoms with Gasteiger partial charge in [-0.25, -0.2) is 0 Å². The molecule has 1 atom stereocenters. The molecule has 0 spiro atoms. The number of piperidine rings is 1. The van der Waals surface area contributed by atoms with Crippen molar-refractivity contribution in [3.05, 3.63) is 35.9 Å². The van der Waals surface area contributed by atoms with E-state index in [2.05, 4.69) is 24.1 Å². The Balaban J connectivity index is 0.00000264. The fraction of sp³-hybridized carbons (Fsp3) is 0.611. The summed E-state index contributed by atoms with van der Waals surface area (Å²) < 4.78 is 0. The number of hydrogen-bond donors (Lipinski definition) is 2. The third kappa shape index (κ3) is 7.84. The highest BCUT2D eigenvalue weighted by Gasteiger charge is 2.21. The summed E-state index contributed by atoms with van der Waals surface area (Å²) in [5.74, 6) is 0.772. The van der Waals surface area contributed by atoms with Crippen LogP contribution < -0.4 is 11.1 Å². The fourth-order valence-corrected chi connectivity index (χ4v) is 3.08. The van der Waals surface area contributed by atoms with Gasteiger partial charge in [0.25, 0.3) is 0 Å². The molecule has 1 aromatic rings. The molecule has 1 aliphatic rings. The zero-order valence-corrected chi connectivity index (χ0v) is 16.2. The summed E-state index contributed by atoms with van der Waals surface area (Å²) >= 11 is 0. The van der Waals surface area contributed by atoms with E-state index in [4.69, 9.17) is 5.73 Å². The van der Waals surface area contributed by atoms with Crippen LogP contribution in [0.15, 0.2) is 30.3 Å². The molecule has 0 aromatic heterocycles. The number of nitrogens with one attached hydrogen (secondary N) is 1. The first-order valence-electron chi connectivity index (χ1n) is 8.37. The molecule has 3 N–H and O–H groups in total. The van der Waals surface area contributed by atoms with E-state index in [0.29, 0.717) is 18.4 Å². The first kappa shape index (κ1) is 23.2. The van der Waals surface area contributed by atoms with Crippen molar-refractivity contribution in [1.82, 2.24) is 10.2 Å². The number of benzene rings is 1. The zero-order valence-electron chi connectivity index (χ0n) is 14.6. The second kappa shape index (κ2) is 11.7. The van der Waals surface area contributed by atoms with Gasteiger partial charge < -0.3 is 16.0 Å². The van der Waals surface area contributed by atoms with E-state index in [9.17, 15) is 4.79 Å².